The lowest BCUT2D eigenvalue weighted by molar-refractivity contribution is -0.913. The van der Waals surface area contributed by atoms with Gasteiger partial charge in [0.05, 0.1) is 52.5 Å². The van der Waals surface area contributed by atoms with Crippen molar-refractivity contribution in [1.29, 1.82) is 0 Å². The summed E-state index contributed by atoms with van der Waals surface area (Å²) in [4.78, 5) is 14.6. The van der Waals surface area contributed by atoms with Crippen molar-refractivity contribution in [2.75, 3.05) is 41.7 Å². The average molecular weight is 400 g/mol. The number of methoxy groups -OCH3 is 3. The Bertz CT molecular complexity index is 941. The van der Waals surface area contributed by atoms with Gasteiger partial charge in [0.15, 0.2) is 17.3 Å². The first-order valence-corrected chi connectivity index (χ1v) is 9.64. The first-order valence-electron chi connectivity index (χ1n) is 9.64. The zero-order valence-corrected chi connectivity index (χ0v) is 17.2. The molecule has 0 aromatic heterocycles. The molecule has 154 valence electrons. The fraction of sp³-hybridized carbons (Fsp3) is 0.409. The Labute approximate surface area is 170 Å². The normalized spacial score (nSPS) is 19.4. The van der Waals surface area contributed by atoms with E-state index in [4.69, 9.17) is 23.7 Å². The maximum atomic E-state index is 13.3. The molecule has 7 heteroatoms. The number of benzene rings is 2. The Morgan fingerprint density at radius 2 is 1.97 bits per heavy atom. The van der Waals surface area contributed by atoms with E-state index in [-0.39, 0.29) is 18.6 Å². The number of ketones is 1. The van der Waals surface area contributed by atoms with Crippen LogP contribution in [0.15, 0.2) is 24.3 Å². The van der Waals surface area contributed by atoms with Crippen molar-refractivity contribution in [3.05, 3.63) is 41.0 Å². The molecular weight excluding hydrogens is 374 g/mol. The average Bonchev–Trinajstić information content (AvgIpc) is 3.21. The van der Waals surface area contributed by atoms with E-state index in [1.807, 2.05) is 6.07 Å². The number of carbonyl (C=O) groups excluding carboxylic acids is 1. The number of fused-ring (bicyclic) bond motifs is 2. The van der Waals surface area contributed by atoms with Crippen LogP contribution >= 0.6 is 0 Å². The molecule has 0 radical (unpaired) electrons. The molecule has 7 nitrogen and oxygen atoms in total. The molecule has 0 aliphatic carbocycles. The van der Waals surface area contributed by atoms with Gasteiger partial charge < -0.3 is 28.6 Å². The number of rotatable bonds is 6. The summed E-state index contributed by atoms with van der Waals surface area (Å²) in [6.07, 6.45) is 1.21. The van der Waals surface area contributed by atoms with Crippen LogP contribution in [0.2, 0.25) is 0 Å². The molecule has 0 amide bonds. The lowest BCUT2D eigenvalue weighted by atomic mass is 9.87. The smallest absolute Gasteiger partial charge is 0.231 e. The van der Waals surface area contributed by atoms with E-state index in [2.05, 4.69) is 7.05 Å². The zero-order valence-electron chi connectivity index (χ0n) is 17.2. The minimum absolute atomic E-state index is 0.00216. The van der Waals surface area contributed by atoms with Crippen LogP contribution in [0.1, 0.15) is 33.9 Å². The number of hydrogen-bond donors (Lipinski definition) is 1. The zero-order chi connectivity index (χ0) is 20.5. The highest BCUT2D eigenvalue weighted by Crippen LogP contribution is 2.48. The van der Waals surface area contributed by atoms with Gasteiger partial charge in [-0.05, 0) is 29.8 Å². The van der Waals surface area contributed by atoms with Gasteiger partial charge in [-0.25, -0.2) is 0 Å². The summed E-state index contributed by atoms with van der Waals surface area (Å²) >= 11 is 0. The number of hydrogen-bond acceptors (Lipinski definition) is 6. The van der Waals surface area contributed by atoms with Crippen molar-refractivity contribution in [3.8, 4) is 28.7 Å². The quantitative estimate of drug-likeness (QED) is 0.747. The number of carbonyl (C=O) groups is 1. The summed E-state index contributed by atoms with van der Waals surface area (Å²) < 4.78 is 27.7. The third-order valence-electron chi connectivity index (χ3n) is 5.78. The summed E-state index contributed by atoms with van der Waals surface area (Å²) in [5, 5.41) is 0. The van der Waals surface area contributed by atoms with Crippen molar-refractivity contribution < 1.29 is 33.4 Å². The molecule has 1 unspecified atom stereocenters. The van der Waals surface area contributed by atoms with Crippen LogP contribution in [0.5, 0.6) is 28.7 Å². The number of quaternary nitrogens is 1. The van der Waals surface area contributed by atoms with Crippen LogP contribution < -0.4 is 28.6 Å². The van der Waals surface area contributed by atoms with E-state index < -0.39 is 0 Å². The van der Waals surface area contributed by atoms with E-state index >= 15 is 0 Å². The molecule has 2 aliphatic heterocycles. The molecule has 4 rings (SSSR count). The largest absolute Gasteiger partial charge is 0.497 e. The summed E-state index contributed by atoms with van der Waals surface area (Å²) in [5.41, 5.74) is 2.69. The van der Waals surface area contributed by atoms with Crippen molar-refractivity contribution >= 4 is 5.78 Å². The lowest BCUT2D eigenvalue weighted by Crippen LogP contribution is -3.10. The predicted octanol–water partition coefficient (Wildman–Crippen LogP) is 1.83. The summed E-state index contributed by atoms with van der Waals surface area (Å²) in [6.45, 7) is 1.10. The number of nitrogens with one attached hydrogen (secondary N) is 1. The van der Waals surface area contributed by atoms with Gasteiger partial charge in [-0.1, -0.05) is 0 Å². The summed E-state index contributed by atoms with van der Waals surface area (Å²) in [5.74, 6) is 3.17. The van der Waals surface area contributed by atoms with Gasteiger partial charge in [0.1, 0.15) is 17.5 Å². The molecule has 1 N–H and O–H groups in total. The van der Waals surface area contributed by atoms with Crippen LogP contribution in [-0.2, 0) is 6.42 Å². The Morgan fingerprint density at radius 3 is 2.69 bits per heavy atom. The number of Topliss-reactive ketones (excluding diaryl/α,β-unsaturated/α-hetero) is 1. The number of ether oxygens (including phenoxy) is 5. The molecule has 0 fully saturated rings. The molecule has 2 aliphatic rings. The molecule has 0 spiro atoms. The summed E-state index contributed by atoms with van der Waals surface area (Å²) in [6, 6.07) is 7.24. The second-order valence-corrected chi connectivity index (χ2v) is 7.31. The van der Waals surface area contributed by atoms with E-state index in [0.29, 0.717) is 40.7 Å². The molecule has 0 bridgehead atoms. The fourth-order valence-corrected chi connectivity index (χ4v) is 4.22. The lowest BCUT2D eigenvalue weighted by Gasteiger charge is -2.32. The Hall–Kier alpha value is -2.93. The minimum Gasteiger partial charge on any atom is -0.497 e. The van der Waals surface area contributed by atoms with E-state index in [1.165, 1.54) is 4.90 Å². The van der Waals surface area contributed by atoms with Gasteiger partial charge in [-0.3, -0.25) is 4.79 Å². The van der Waals surface area contributed by atoms with E-state index in [0.717, 1.165) is 24.1 Å². The van der Waals surface area contributed by atoms with Crippen molar-refractivity contribution in [1.82, 2.24) is 0 Å². The van der Waals surface area contributed by atoms with Crippen molar-refractivity contribution in [2.24, 2.45) is 0 Å². The maximum Gasteiger partial charge on any atom is 0.231 e. The highest BCUT2D eigenvalue weighted by Gasteiger charge is 2.38. The van der Waals surface area contributed by atoms with Crippen LogP contribution in [-0.4, -0.2) is 47.5 Å². The van der Waals surface area contributed by atoms with Crippen molar-refractivity contribution in [2.45, 2.75) is 18.9 Å². The Balaban J connectivity index is 1.73. The molecule has 0 saturated heterocycles. The summed E-state index contributed by atoms with van der Waals surface area (Å²) in [7, 11) is 6.88. The fourth-order valence-electron chi connectivity index (χ4n) is 4.22. The molecule has 2 aromatic carbocycles. The molecule has 2 atom stereocenters. The second-order valence-electron chi connectivity index (χ2n) is 7.31. The first kappa shape index (κ1) is 19.4. The van der Waals surface area contributed by atoms with Gasteiger partial charge in [-0.2, -0.15) is 0 Å². The topological polar surface area (TPSA) is 67.7 Å². The van der Waals surface area contributed by atoms with Crippen LogP contribution in [0.25, 0.3) is 0 Å². The van der Waals surface area contributed by atoms with Gasteiger partial charge in [0, 0.05) is 6.42 Å². The maximum absolute atomic E-state index is 13.3. The third kappa shape index (κ3) is 3.35. The molecule has 2 heterocycles. The molecular formula is C22H26NO6+. The van der Waals surface area contributed by atoms with Crippen LogP contribution in [0, 0.1) is 0 Å². The van der Waals surface area contributed by atoms with Crippen molar-refractivity contribution in [3.63, 3.8) is 0 Å². The van der Waals surface area contributed by atoms with Gasteiger partial charge in [0.25, 0.3) is 0 Å². The second kappa shape index (κ2) is 7.83. The van der Waals surface area contributed by atoms with Crippen LogP contribution in [0.4, 0.5) is 0 Å². The molecule has 29 heavy (non-hydrogen) atoms. The van der Waals surface area contributed by atoms with Crippen LogP contribution in [0.3, 0.4) is 0 Å². The molecule has 2 aromatic rings. The monoisotopic (exact) mass is 400 g/mol. The SMILES string of the molecule is COc1ccc(OC)c(C(=O)C[C@H]2c3c(cc4c(c3OC)OCO4)CC[NH+]2C)c1. The third-order valence-corrected chi connectivity index (χ3v) is 5.78. The first-order chi connectivity index (χ1) is 14.1. The number of likely N-dealkylation sites (N-methyl/N-ethyl adjacent to an activating group) is 1. The standard InChI is InChI=1S/C22H25NO6/c1-23-8-7-13-9-19-21(29-12-28-19)22(27-4)20(13)16(23)11-17(24)15-10-14(25-2)5-6-18(15)26-3/h5-6,9-10,16H,7-8,11-12H2,1-4H3/p+1/t16-/m0/s1. The Morgan fingerprint density at radius 1 is 1.14 bits per heavy atom. The highest BCUT2D eigenvalue weighted by molar-refractivity contribution is 5.99. The van der Waals surface area contributed by atoms with Gasteiger partial charge in [-0.15, -0.1) is 0 Å². The van der Waals surface area contributed by atoms with Gasteiger partial charge in [0.2, 0.25) is 12.5 Å². The van der Waals surface area contributed by atoms with E-state index in [1.54, 1.807) is 39.5 Å². The van der Waals surface area contributed by atoms with E-state index in [9.17, 15) is 4.79 Å². The minimum atomic E-state index is -0.0633. The van der Waals surface area contributed by atoms with Gasteiger partial charge >= 0.3 is 0 Å². The highest BCUT2D eigenvalue weighted by atomic mass is 16.7. The molecule has 0 saturated carbocycles. The Kier molecular flexibility index (Phi) is 5.24. The predicted molar refractivity (Wildman–Crippen MR) is 106 cm³/mol.